The molecule has 5 aromatic rings. The maximum Gasteiger partial charge on any atom is 0.350 e. The zero-order valence-corrected chi connectivity index (χ0v) is 43.4. The lowest BCUT2D eigenvalue weighted by Gasteiger charge is -2.35. The van der Waals surface area contributed by atoms with Crippen molar-refractivity contribution < 1.29 is 56.2 Å². The van der Waals surface area contributed by atoms with Gasteiger partial charge in [-0.15, -0.1) is 5.06 Å². The van der Waals surface area contributed by atoms with Crippen LogP contribution in [-0.4, -0.2) is 109 Å². The second-order valence-electron chi connectivity index (χ2n) is 18.9. The summed E-state index contributed by atoms with van der Waals surface area (Å²) in [6.45, 7) is 5.15. The monoisotopic (exact) mass is 1060 g/mol. The number of carbonyl (C=O) groups is 5. The molecule has 10 rings (SSSR count). The fourth-order valence-corrected chi connectivity index (χ4v) is 13.2. The number of thiol groups is 1. The average Bonchev–Trinajstić information content (AvgIpc) is 4.02. The summed E-state index contributed by atoms with van der Waals surface area (Å²) in [6, 6.07) is 27.8. The molecular formula is C53H52N6O12S3. The van der Waals surface area contributed by atoms with Crippen LogP contribution >= 0.6 is 21.6 Å². The van der Waals surface area contributed by atoms with E-state index in [9.17, 15) is 32.4 Å². The van der Waals surface area contributed by atoms with Crippen molar-refractivity contribution in [2.45, 2.75) is 81.2 Å². The molecule has 1 unspecified atom stereocenters. The minimum atomic E-state index is -3.26. The third-order valence-electron chi connectivity index (χ3n) is 13.4. The van der Waals surface area contributed by atoms with Crippen molar-refractivity contribution in [2.75, 3.05) is 47.8 Å². The van der Waals surface area contributed by atoms with Crippen molar-refractivity contribution >= 4 is 90.9 Å². The summed E-state index contributed by atoms with van der Waals surface area (Å²) in [5, 5.41) is -1.19. The zero-order chi connectivity index (χ0) is 51.8. The minimum Gasteiger partial charge on any atom is -0.493 e. The Hall–Kier alpha value is -7.10. The number of amides is 4. The van der Waals surface area contributed by atoms with E-state index in [-0.39, 0.29) is 62.1 Å². The summed E-state index contributed by atoms with van der Waals surface area (Å²) in [5.74, 6) is -1.11. The van der Waals surface area contributed by atoms with E-state index in [0.717, 1.165) is 22.5 Å². The van der Waals surface area contributed by atoms with Gasteiger partial charge in [-0.3, -0.25) is 34.1 Å². The first-order valence-corrected chi connectivity index (χ1v) is 27.5. The molecule has 384 valence electrons. The van der Waals surface area contributed by atoms with E-state index >= 15 is 0 Å². The number of methoxy groups -OCH3 is 2. The first kappa shape index (κ1) is 50.4. The minimum absolute atomic E-state index is 0.0466. The average molecular weight is 1060 g/mol. The topological polar surface area (TPSA) is 204 Å². The molecular weight excluding hydrogens is 1010 g/mol. The smallest absolute Gasteiger partial charge is 0.350 e. The summed E-state index contributed by atoms with van der Waals surface area (Å²) in [5.41, 5.74) is 7.08. The Morgan fingerprint density at radius 1 is 0.743 bits per heavy atom. The highest BCUT2D eigenvalue weighted by Gasteiger charge is 2.42. The number of pyridine rings is 1. The molecule has 18 nitrogen and oxygen atoms in total. The molecule has 4 amide bonds. The van der Waals surface area contributed by atoms with Gasteiger partial charge in [-0.25, -0.2) is 13.2 Å². The van der Waals surface area contributed by atoms with Crippen LogP contribution in [0.5, 0.6) is 23.0 Å². The molecule has 21 heteroatoms. The van der Waals surface area contributed by atoms with Crippen LogP contribution in [0.4, 0.5) is 22.7 Å². The number of aliphatic imine (C=N–C) groups is 1. The van der Waals surface area contributed by atoms with Crippen molar-refractivity contribution in [2.24, 2.45) is 4.99 Å². The lowest BCUT2D eigenvalue weighted by atomic mass is 10.1. The predicted octanol–water partition coefficient (Wildman–Crippen LogP) is 7.07. The van der Waals surface area contributed by atoms with E-state index in [4.69, 9.17) is 33.8 Å². The van der Waals surface area contributed by atoms with Crippen LogP contribution < -0.4 is 33.6 Å². The first-order chi connectivity index (χ1) is 35.7. The quantitative estimate of drug-likeness (QED) is 0.0403. The zero-order valence-electron chi connectivity index (χ0n) is 40.9. The van der Waals surface area contributed by atoms with Crippen LogP contribution in [0.2, 0.25) is 0 Å². The highest BCUT2D eigenvalue weighted by atomic mass is 33.1. The largest absolute Gasteiger partial charge is 0.493 e. The van der Waals surface area contributed by atoms with Gasteiger partial charge in [0.1, 0.15) is 13.2 Å². The summed E-state index contributed by atoms with van der Waals surface area (Å²) >= 11 is 0. The number of ether oxygens (including phenoxy) is 4. The molecule has 4 aromatic carbocycles. The maximum atomic E-state index is 14.7. The van der Waals surface area contributed by atoms with Gasteiger partial charge in [0.15, 0.2) is 39.0 Å². The molecule has 74 heavy (non-hydrogen) atoms. The van der Waals surface area contributed by atoms with Crippen LogP contribution in [0, 0.1) is 0 Å². The normalized spacial score (nSPS) is 18.0. The van der Waals surface area contributed by atoms with Gasteiger partial charge in [-0.2, -0.15) is 0 Å². The fourth-order valence-electron chi connectivity index (χ4n) is 9.92. The molecule has 0 aliphatic carbocycles. The molecule has 1 saturated heterocycles. The predicted molar refractivity (Wildman–Crippen MR) is 281 cm³/mol. The summed E-state index contributed by atoms with van der Waals surface area (Å²) in [4.78, 5) is 85.8. The second-order valence-corrected chi connectivity index (χ2v) is 23.2. The molecule has 5 aliphatic heterocycles. The van der Waals surface area contributed by atoms with Gasteiger partial charge in [-0.1, -0.05) is 64.1 Å². The van der Waals surface area contributed by atoms with Gasteiger partial charge in [0.05, 0.1) is 60.2 Å². The van der Waals surface area contributed by atoms with Crippen LogP contribution in [0.15, 0.2) is 96.0 Å². The number of rotatable bonds is 18. The molecule has 0 saturated carbocycles. The highest BCUT2D eigenvalue weighted by molar-refractivity contribution is 8.77. The molecule has 0 bridgehead atoms. The van der Waals surface area contributed by atoms with Gasteiger partial charge in [0, 0.05) is 72.6 Å². The molecule has 3 atom stereocenters. The second kappa shape index (κ2) is 21.0. The number of anilines is 3. The van der Waals surface area contributed by atoms with Crippen LogP contribution in [0.25, 0.3) is 0 Å². The summed E-state index contributed by atoms with van der Waals surface area (Å²) in [7, 11) is 2.67. The van der Waals surface area contributed by atoms with Crippen molar-refractivity contribution in [3.8, 4) is 23.0 Å². The van der Waals surface area contributed by atoms with Crippen LogP contribution in [0.3, 0.4) is 0 Å². The van der Waals surface area contributed by atoms with E-state index in [1.165, 1.54) is 35.8 Å². The molecule has 1 fully saturated rings. The standard InChI is InChI=1S/C53H52N6O12S3/c1-53(2,73-72-19-18-47(74(65)66)52(64)71-59-48(60)16-17-49(59)61)30-56-27-36-21-32-11-6-8-15-41(32)58(36)51(63)38-23-44(68-4)46(25-42(38)56)70-29-34-13-9-12-33(55-34)28-69-45-24-39-37(22-43(45)67-3)50(62)57-35(26-54-39)20-31-10-5-7-14-40(31)57/h5-15,22-26,35-36,47,74H,16-21,27-30H2,1-4H3/t35-,36-,47?/m0/s1. The van der Waals surface area contributed by atoms with Gasteiger partial charge in [-0.05, 0) is 74.2 Å². The first-order valence-electron chi connectivity index (χ1n) is 24.0. The van der Waals surface area contributed by atoms with Crippen molar-refractivity contribution in [3.05, 3.63) is 125 Å². The molecule has 6 heterocycles. The number of nitrogens with zero attached hydrogens (tertiary/aromatic N) is 6. The number of benzene rings is 4. The molecule has 0 N–H and O–H groups in total. The molecule has 5 aliphatic rings. The van der Waals surface area contributed by atoms with Crippen molar-refractivity contribution in [1.82, 2.24) is 10.0 Å². The third kappa shape index (κ3) is 10.1. The van der Waals surface area contributed by atoms with Gasteiger partial charge >= 0.3 is 5.97 Å². The van der Waals surface area contributed by atoms with Crippen molar-refractivity contribution in [1.29, 1.82) is 0 Å². The lowest BCUT2D eigenvalue weighted by Crippen LogP contribution is -2.45. The Morgan fingerprint density at radius 2 is 1.35 bits per heavy atom. The van der Waals surface area contributed by atoms with E-state index in [1.807, 2.05) is 97.8 Å². The Labute approximate surface area is 436 Å². The highest BCUT2D eigenvalue weighted by Crippen LogP contribution is 2.46. The number of imide groups is 1. The SMILES string of the molecule is COc1cc2c(cc1OCc1cccc(COc3cc4c(cc3OC)C(=O)N3c5ccccc5C[C@H]3CN4CC(C)(C)SSCCC(C(=O)ON3C(=O)CCC3=O)[SH](=O)=O)n1)N=C[C@@H]1Cc3ccccc3N1C2=O. The number of para-hydroxylation sites is 2. The molecule has 1 aromatic heterocycles. The summed E-state index contributed by atoms with van der Waals surface area (Å²) in [6.07, 6.45) is 2.83. The number of fused-ring (bicyclic) bond motifs is 8. The lowest BCUT2D eigenvalue weighted by molar-refractivity contribution is -0.197. The van der Waals surface area contributed by atoms with Gasteiger partial charge in [0.2, 0.25) is 0 Å². The number of hydrogen-bond acceptors (Lipinski definition) is 17. The van der Waals surface area contributed by atoms with Crippen LogP contribution in [0.1, 0.15) is 76.3 Å². The fraction of sp³-hybridized carbons (Fsp3) is 0.340. The Bertz CT molecular complexity index is 3180. The van der Waals surface area contributed by atoms with Gasteiger partial charge < -0.3 is 33.6 Å². The van der Waals surface area contributed by atoms with E-state index in [2.05, 4.69) is 4.90 Å². The summed E-state index contributed by atoms with van der Waals surface area (Å²) < 4.78 is 48.1. The van der Waals surface area contributed by atoms with E-state index in [1.54, 1.807) is 23.1 Å². The number of aromatic nitrogens is 1. The van der Waals surface area contributed by atoms with Gasteiger partial charge in [0.25, 0.3) is 23.6 Å². The number of carbonyl (C=O) groups excluding carboxylic acids is 5. The third-order valence-corrected chi connectivity index (χ3v) is 17.6. The molecule has 0 spiro atoms. The van der Waals surface area contributed by atoms with E-state index in [0.29, 0.717) is 87.9 Å². The maximum absolute atomic E-state index is 14.7. The Balaban J connectivity index is 0.840. The number of hydrogen-bond donors (Lipinski definition) is 1. The Kier molecular flexibility index (Phi) is 14.3. The van der Waals surface area contributed by atoms with Crippen LogP contribution in [-0.2, 0) is 56.0 Å². The Morgan fingerprint density at radius 3 is 2.01 bits per heavy atom. The van der Waals surface area contributed by atoms with Crippen molar-refractivity contribution in [3.63, 3.8) is 0 Å². The van der Waals surface area contributed by atoms with E-state index < -0.39 is 38.5 Å². The number of hydroxylamine groups is 2. The molecule has 0 radical (unpaired) electrons.